The Morgan fingerprint density at radius 2 is 1.35 bits per heavy atom. The van der Waals surface area contributed by atoms with E-state index < -0.39 is 0 Å². The third kappa shape index (κ3) is 2.44. The lowest BCUT2D eigenvalue weighted by Gasteiger charge is -2.11. The van der Waals surface area contributed by atoms with Gasteiger partial charge in [0.15, 0.2) is 5.82 Å². The molecule has 0 saturated carbocycles. The van der Waals surface area contributed by atoms with E-state index in [4.69, 9.17) is 17.8 Å². The number of hydrogen-bond acceptors (Lipinski definition) is 2. The van der Waals surface area contributed by atoms with Crippen LogP contribution in [0, 0.1) is 0 Å². The van der Waals surface area contributed by atoms with Crippen molar-refractivity contribution in [2.75, 3.05) is 0 Å². The van der Waals surface area contributed by atoms with Crippen molar-refractivity contribution in [1.29, 1.82) is 0 Å². The predicted octanol–water partition coefficient (Wildman–Crippen LogP) is 4.18. The van der Waals surface area contributed by atoms with E-state index in [1.165, 1.54) is 16.7 Å². The zero-order valence-corrected chi connectivity index (χ0v) is 14.2. The highest BCUT2D eigenvalue weighted by Gasteiger charge is 2.25. The topological polar surface area (TPSA) is 25.8 Å². The molecular formula is C23H15BN2. The van der Waals surface area contributed by atoms with Crippen LogP contribution < -0.4 is 5.46 Å². The third-order valence-electron chi connectivity index (χ3n) is 4.86. The van der Waals surface area contributed by atoms with Crippen LogP contribution in [-0.2, 0) is 6.42 Å². The Morgan fingerprint density at radius 1 is 0.654 bits per heavy atom. The number of nitrogens with zero attached hydrogens (tertiary/aromatic N) is 2. The smallest absolute Gasteiger partial charge is 0.160 e. The molecule has 2 radical (unpaired) electrons. The van der Waals surface area contributed by atoms with Gasteiger partial charge in [0.25, 0.3) is 0 Å². The van der Waals surface area contributed by atoms with Crippen molar-refractivity contribution in [2.24, 2.45) is 0 Å². The number of fused-ring (bicyclic) bond motifs is 3. The van der Waals surface area contributed by atoms with Crippen molar-refractivity contribution >= 4 is 13.3 Å². The standard InChI is InChI=1S/C23H15BN2/c24-18-12-10-15(11-13-18)21-20-14-17-8-4-5-9-19(17)22(20)26-23(25-21)16-6-2-1-3-7-16/h1-13H,14H2. The molecule has 5 rings (SSSR count). The van der Waals surface area contributed by atoms with Gasteiger partial charge in [-0.25, -0.2) is 9.97 Å². The van der Waals surface area contributed by atoms with Crippen LogP contribution in [0.15, 0.2) is 78.9 Å². The Balaban J connectivity index is 1.78. The molecule has 0 spiro atoms. The van der Waals surface area contributed by atoms with Crippen LogP contribution in [0.2, 0.25) is 0 Å². The highest BCUT2D eigenvalue weighted by atomic mass is 14.9. The van der Waals surface area contributed by atoms with Gasteiger partial charge in [0.05, 0.1) is 11.4 Å². The molecule has 1 heterocycles. The fraction of sp³-hybridized carbons (Fsp3) is 0.0435. The van der Waals surface area contributed by atoms with E-state index in [1.54, 1.807) is 0 Å². The summed E-state index contributed by atoms with van der Waals surface area (Å²) >= 11 is 0. The second kappa shape index (κ2) is 5.96. The van der Waals surface area contributed by atoms with E-state index in [0.29, 0.717) is 0 Å². The molecule has 1 aliphatic rings. The fourth-order valence-corrected chi connectivity index (χ4v) is 3.57. The zero-order valence-electron chi connectivity index (χ0n) is 14.2. The summed E-state index contributed by atoms with van der Waals surface area (Å²) in [6.45, 7) is 0. The third-order valence-corrected chi connectivity index (χ3v) is 4.86. The van der Waals surface area contributed by atoms with Gasteiger partial charge in [0.1, 0.15) is 7.85 Å². The van der Waals surface area contributed by atoms with Gasteiger partial charge in [-0.15, -0.1) is 0 Å². The minimum absolute atomic E-state index is 0.756. The molecule has 2 nitrogen and oxygen atoms in total. The van der Waals surface area contributed by atoms with E-state index in [2.05, 4.69) is 36.4 Å². The largest absolute Gasteiger partial charge is 0.228 e. The maximum absolute atomic E-state index is 5.87. The van der Waals surface area contributed by atoms with Crippen LogP contribution in [0.25, 0.3) is 33.9 Å². The maximum Gasteiger partial charge on any atom is 0.160 e. The lowest BCUT2D eigenvalue weighted by Crippen LogP contribution is -2.02. The van der Waals surface area contributed by atoms with Crippen molar-refractivity contribution in [1.82, 2.24) is 9.97 Å². The summed E-state index contributed by atoms with van der Waals surface area (Å²) in [7, 11) is 5.87. The van der Waals surface area contributed by atoms with Crippen LogP contribution in [-0.4, -0.2) is 17.8 Å². The molecule has 0 N–H and O–H groups in total. The van der Waals surface area contributed by atoms with Crippen LogP contribution in [0.5, 0.6) is 0 Å². The number of aromatic nitrogens is 2. The summed E-state index contributed by atoms with van der Waals surface area (Å²) < 4.78 is 0. The molecule has 0 fully saturated rings. The first kappa shape index (κ1) is 15.1. The van der Waals surface area contributed by atoms with Gasteiger partial charge in [-0.05, 0) is 5.56 Å². The Labute approximate surface area is 154 Å². The maximum atomic E-state index is 5.87. The molecule has 26 heavy (non-hydrogen) atoms. The minimum Gasteiger partial charge on any atom is -0.228 e. The lowest BCUT2D eigenvalue weighted by atomic mass is 9.93. The Hall–Kier alpha value is -3.20. The van der Waals surface area contributed by atoms with E-state index in [9.17, 15) is 0 Å². The molecule has 0 atom stereocenters. The lowest BCUT2D eigenvalue weighted by molar-refractivity contribution is 1.13. The predicted molar refractivity (Wildman–Crippen MR) is 107 cm³/mol. The van der Waals surface area contributed by atoms with Crippen LogP contribution in [0.3, 0.4) is 0 Å². The van der Waals surface area contributed by atoms with Gasteiger partial charge < -0.3 is 0 Å². The first-order valence-electron chi connectivity index (χ1n) is 8.70. The Kier molecular flexibility index (Phi) is 3.46. The van der Waals surface area contributed by atoms with Crippen LogP contribution >= 0.6 is 0 Å². The molecule has 1 aliphatic carbocycles. The molecule has 0 unspecified atom stereocenters. The Morgan fingerprint density at radius 3 is 2.15 bits per heavy atom. The molecule has 4 aromatic rings. The van der Waals surface area contributed by atoms with Crippen molar-refractivity contribution < 1.29 is 0 Å². The molecule has 0 aliphatic heterocycles. The zero-order chi connectivity index (χ0) is 17.5. The molecule has 0 bridgehead atoms. The summed E-state index contributed by atoms with van der Waals surface area (Å²) in [6, 6.07) is 26.5. The first-order chi connectivity index (χ1) is 12.8. The summed E-state index contributed by atoms with van der Waals surface area (Å²) in [4.78, 5) is 9.88. The number of benzene rings is 3. The molecular weight excluding hydrogens is 315 g/mol. The molecule has 0 saturated heterocycles. The number of rotatable bonds is 2. The fourth-order valence-electron chi connectivity index (χ4n) is 3.57. The van der Waals surface area contributed by atoms with Crippen molar-refractivity contribution in [3.63, 3.8) is 0 Å². The quantitative estimate of drug-likeness (QED) is 0.454. The summed E-state index contributed by atoms with van der Waals surface area (Å²) in [6.07, 6.45) is 0.861. The van der Waals surface area contributed by atoms with Crippen molar-refractivity contribution in [2.45, 2.75) is 6.42 Å². The van der Waals surface area contributed by atoms with Gasteiger partial charge in [-0.3, -0.25) is 0 Å². The molecule has 3 aromatic carbocycles. The number of hydrogen-bond donors (Lipinski definition) is 0. The first-order valence-corrected chi connectivity index (χ1v) is 8.70. The van der Waals surface area contributed by atoms with Crippen LogP contribution in [0.4, 0.5) is 0 Å². The highest BCUT2D eigenvalue weighted by molar-refractivity contribution is 6.32. The SMILES string of the molecule is [B]c1ccc(-c2nc(-c3ccccc3)nc3c2Cc2ccccc2-3)cc1. The average molecular weight is 330 g/mol. The van der Waals surface area contributed by atoms with E-state index in [0.717, 1.165) is 40.2 Å². The van der Waals surface area contributed by atoms with E-state index in [-0.39, 0.29) is 0 Å². The van der Waals surface area contributed by atoms with Gasteiger partial charge >= 0.3 is 0 Å². The van der Waals surface area contributed by atoms with Gasteiger partial charge in [0, 0.05) is 28.7 Å². The average Bonchev–Trinajstić information content (AvgIpc) is 3.07. The highest BCUT2D eigenvalue weighted by Crippen LogP contribution is 2.40. The van der Waals surface area contributed by atoms with Crippen molar-refractivity contribution in [3.05, 3.63) is 90.0 Å². The summed E-state index contributed by atoms with van der Waals surface area (Å²) in [5.74, 6) is 0.757. The minimum atomic E-state index is 0.756. The normalized spacial score (nSPS) is 11.8. The molecule has 120 valence electrons. The van der Waals surface area contributed by atoms with Gasteiger partial charge in [-0.2, -0.15) is 0 Å². The second-order valence-electron chi connectivity index (χ2n) is 6.54. The van der Waals surface area contributed by atoms with E-state index in [1.807, 2.05) is 42.5 Å². The monoisotopic (exact) mass is 330 g/mol. The van der Waals surface area contributed by atoms with Crippen molar-refractivity contribution in [3.8, 4) is 33.9 Å². The molecule has 3 heteroatoms. The second-order valence-corrected chi connectivity index (χ2v) is 6.54. The molecule has 1 aromatic heterocycles. The van der Waals surface area contributed by atoms with Gasteiger partial charge in [0.2, 0.25) is 0 Å². The summed E-state index contributed by atoms with van der Waals surface area (Å²) in [5, 5.41) is 0. The van der Waals surface area contributed by atoms with Crippen LogP contribution in [0.1, 0.15) is 11.1 Å². The molecule has 0 amide bonds. The van der Waals surface area contributed by atoms with E-state index >= 15 is 0 Å². The Bertz CT molecular complexity index is 1100. The summed E-state index contributed by atoms with van der Waals surface area (Å²) in [5.41, 5.74) is 8.59. The van der Waals surface area contributed by atoms with Gasteiger partial charge in [-0.1, -0.05) is 84.3 Å².